The Kier molecular flexibility index (Phi) is 7.69. The first-order chi connectivity index (χ1) is 7.06. The minimum absolute atomic E-state index is 0.0750. The molecule has 2 nitrogen and oxygen atoms in total. The van der Waals surface area contributed by atoms with Crippen LogP contribution in [0, 0.1) is 0 Å². The molecule has 0 amide bonds. The normalized spacial score (nSPS) is 12.5. The van der Waals surface area contributed by atoms with Gasteiger partial charge in [-0.1, -0.05) is 24.6 Å². The highest BCUT2D eigenvalue weighted by Crippen LogP contribution is 2.08. The zero-order valence-corrected chi connectivity index (χ0v) is 10.2. The molecule has 86 valence electrons. The summed E-state index contributed by atoms with van der Waals surface area (Å²) in [6.45, 7) is 7.58. The zero-order valence-electron chi connectivity index (χ0n) is 10.2. The van der Waals surface area contributed by atoms with E-state index in [0.29, 0.717) is 0 Å². The van der Waals surface area contributed by atoms with Gasteiger partial charge in [0.15, 0.2) is 0 Å². The predicted molar refractivity (Wildman–Crippen MR) is 63.7 cm³/mol. The van der Waals surface area contributed by atoms with Crippen molar-refractivity contribution in [1.82, 2.24) is 0 Å². The average molecular weight is 210 g/mol. The maximum absolute atomic E-state index is 10.9. The van der Waals surface area contributed by atoms with Crippen LogP contribution in [0.15, 0.2) is 23.8 Å². The molecule has 0 saturated carbocycles. The van der Waals surface area contributed by atoms with E-state index in [-0.39, 0.29) is 12.1 Å². The Morgan fingerprint density at radius 2 is 1.93 bits per heavy atom. The Labute approximate surface area is 93.0 Å². The summed E-state index contributed by atoms with van der Waals surface area (Å²) in [4.78, 5) is 10.9. The standard InChI is InChI=1S/C13H22O2/c1-5-6-7-8-9-13(10-11(2)3)15-12(4)14/h6-7,10,13H,5,8-9H2,1-4H3. The molecule has 0 heterocycles. The molecule has 0 rings (SSSR count). The number of carbonyl (C=O) groups is 1. The molecule has 15 heavy (non-hydrogen) atoms. The highest BCUT2D eigenvalue weighted by Gasteiger charge is 2.07. The van der Waals surface area contributed by atoms with Crippen molar-refractivity contribution in [1.29, 1.82) is 0 Å². The topological polar surface area (TPSA) is 26.3 Å². The van der Waals surface area contributed by atoms with Crippen molar-refractivity contribution in [2.75, 3.05) is 0 Å². The van der Waals surface area contributed by atoms with E-state index >= 15 is 0 Å². The zero-order chi connectivity index (χ0) is 11.7. The fraction of sp³-hybridized carbons (Fsp3) is 0.615. The third-order valence-corrected chi connectivity index (χ3v) is 1.86. The lowest BCUT2D eigenvalue weighted by Gasteiger charge is -2.12. The first-order valence-electron chi connectivity index (χ1n) is 5.53. The van der Waals surface area contributed by atoms with Crippen molar-refractivity contribution in [3.05, 3.63) is 23.8 Å². The molecule has 0 aromatic heterocycles. The Morgan fingerprint density at radius 1 is 1.27 bits per heavy atom. The van der Waals surface area contributed by atoms with E-state index in [1.807, 2.05) is 19.9 Å². The lowest BCUT2D eigenvalue weighted by Crippen LogP contribution is -2.13. The molecule has 1 unspecified atom stereocenters. The van der Waals surface area contributed by atoms with E-state index in [9.17, 15) is 4.79 Å². The van der Waals surface area contributed by atoms with E-state index in [2.05, 4.69) is 19.1 Å². The molecule has 0 aromatic carbocycles. The van der Waals surface area contributed by atoms with Gasteiger partial charge in [-0.05, 0) is 39.2 Å². The molecule has 0 N–H and O–H groups in total. The number of carbonyl (C=O) groups excluding carboxylic acids is 1. The lowest BCUT2D eigenvalue weighted by atomic mass is 10.1. The fourth-order valence-corrected chi connectivity index (χ4v) is 1.31. The third-order valence-electron chi connectivity index (χ3n) is 1.86. The van der Waals surface area contributed by atoms with Gasteiger partial charge in [-0.15, -0.1) is 0 Å². The van der Waals surface area contributed by atoms with Crippen LogP contribution in [0.3, 0.4) is 0 Å². The Balaban J connectivity index is 4.07. The lowest BCUT2D eigenvalue weighted by molar-refractivity contribution is -0.144. The van der Waals surface area contributed by atoms with Gasteiger partial charge in [0.25, 0.3) is 0 Å². The van der Waals surface area contributed by atoms with Crippen LogP contribution >= 0.6 is 0 Å². The molecule has 1 atom stereocenters. The van der Waals surface area contributed by atoms with Gasteiger partial charge in [-0.2, -0.15) is 0 Å². The van der Waals surface area contributed by atoms with E-state index < -0.39 is 0 Å². The Hall–Kier alpha value is -1.05. The Morgan fingerprint density at radius 3 is 2.40 bits per heavy atom. The van der Waals surface area contributed by atoms with Crippen LogP contribution in [0.5, 0.6) is 0 Å². The minimum Gasteiger partial charge on any atom is -0.458 e. The summed E-state index contributed by atoms with van der Waals surface area (Å²) in [7, 11) is 0. The predicted octanol–water partition coefficient (Wildman–Crippen LogP) is 3.63. The van der Waals surface area contributed by atoms with Crippen LogP contribution < -0.4 is 0 Å². The number of allylic oxidation sites excluding steroid dienone is 3. The monoisotopic (exact) mass is 210 g/mol. The molecule has 2 heteroatoms. The number of rotatable bonds is 6. The van der Waals surface area contributed by atoms with E-state index in [4.69, 9.17) is 4.74 Å². The highest BCUT2D eigenvalue weighted by atomic mass is 16.5. The van der Waals surface area contributed by atoms with Crippen molar-refractivity contribution in [2.45, 2.75) is 53.1 Å². The van der Waals surface area contributed by atoms with Gasteiger partial charge in [0.1, 0.15) is 6.10 Å². The smallest absolute Gasteiger partial charge is 0.303 e. The van der Waals surface area contributed by atoms with Gasteiger partial charge >= 0.3 is 5.97 Å². The van der Waals surface area contributed by atoms with Crippen LogP contribution in [0.2, 0.25) is 0 Å². The molecule has 0 aliphatic carbocycles. The highest BCUT2D eigenvalue weighted by molar-refractivity contribution is 5.66. The number of ether oxygens (including phenoxy) is 1. The molecule has 0 fully saturated rings. The summed E-state index contributed by atoms with van der Waals surface area (Å²) < 4.78 is 5.19. The van der Waals surface area contributed by atoms with Crippen LogP contribution in [-0.4, -0.2) is 12.1 Å². The van der Waals surface area contributed by atoms with Gasteiger partial charge in [0.05, 0.1) is 0 Å². The van der Waals surface area contributed by atoms with Crippen LogP contribution in [0.1, 0.15) is 47.0 Å². The first kappa shape index (κ1) is 13.9. The average Bonchev–Trinajstić information content (AvgIpc) is 2.10. The molecule has 0 aromatic rings. The van der Waals surface area contributed by atoms with Gasteiger partial charge < -0.3 is 4.74 Å². The summed E-state index contributed by atoms with van der Waals surface area (Å²) in [6, 6.07) is 0. The van der Waals surface area contributed by atoms with Crippen molar-refractivity contribution >= 4 is 5.97 Å². The second kappa shape index (κ2) is 8.27. The number of hydrogen-bond donors (Lipinski definition) is 0. The van der Waals surface area contributed by atoms with E-state index in [1.165, 1.54) is 12.5 Å². The van der Waals surface area contributed by atoms with Crippen molar-refractivity contribution in [3.63, 3.8) is 0 Å². The van der Waals surface area contributed by atoms with Gasteiger partial charge in [0, 0.05) is 6.92 Å². The number of hydrogen-bond acceptors (Lipinski definition) is 2. The Bertz CT molecular complexity index is 235. The summed E-state index contributed by atoms with van der Waals surface area (Å²) >= 11 is 0. The second-order valence-electron chi connectivity index (χ2n) is 3.85. The van der Waals surface area contributed by atoms with E-state index in [1.54, 1.807) is 0 Å². The van der Waals surface area contributed by atoms with Crippen LogP contribution in [0.4, 0.5) is 0 Å². The molecular weight excluding hydrogens is 188 g/mol. The summed E-state index contributed by atoms with van der Waals surface area (Å²) in [5.74, 6) is -0.211. The molecule has 0 spiro atoms. The molecular formula is C13H22O2. The fourth-order valence-electron chi connectivity index (χ4n) is 1.31. The molecule has 0 saturated heterocycles. The summed E-state index contributed by atoms with van der Waals surface area (Å²) in [5, 5.41) is 0. The van der Waals surface area contributed by atoms with Crippen LogP contribution in [0.25, 0.3) is 0 Å². The number of esters is 1. The van der Waals surface area contributed by atoms with Crippen molar-refractivity contribution in [3.8, 4) is 0 Å². The second-order valence-corrected chi connectivity index (χ2v) is 3.85. The van der Waals surface area contributed by atoms with Crippen molar-refractivity contribution in [2.24, 2.45) is 0 Å². The first-order valence-corrected chi connectivity index (χ1v) is 5.53. The summed E-state index contributed by atoms with van der Waals surface area (Å²) in [5.41, 5.74) is 1.18. The van der Waals surface area contributed by atoms with Gasteiger partial charge in [-0.3, -0.25) is 4.79 Å². The van der Waals surface area contributed by atoms with Crippen LogP contribution in [-0.2, 0) is 9.53 Å². The quantitative estimate of drug-likeness (QED) is 0.494. The van der Waals surface area contributed by atoms with E-state index in [0.717, 1.165) is 19.3 Å². The van der Waals surface area contributed by atoms with Gasteiger partial charge in [-0.25, -0.2) is 0 Å². The molecule has 0 bridgehead atoms. The third kappa shape index (κ3) is 9.26. The van der Waals surface area contributed by atoms with Crippen molar-refractivity contribution < 1.29 is 9.53 Å². The SMILES string of the molecule is CCC=CCCC(C=C(C)C)OC(C)=O. The molecule has 0 aliphatic heterocycles. The minimum atomic E-state index is -0.211. The maximum atomic E-state index is 10.9. The molecule has 0 aliphatic rings. The summed E-state index contributed by atoms with van der Waals surface area (Å²) in [6.07, 6.45) is 9.07. The maximum Gasteiger partial charge on any atom is 0.303 e. The van der Waals surface area contributed by atoms with Gasteiger partial charge in [0.2, 0.25) is 0 Å². The largest absolute Gasteiger partial charge is 0.458 e. The molecule has 0 radical (unpaired) electrons.